The van der Waals surface area contributed by atoms with E-state index in [0.717, 1.165) is 17.5 Å². The first-order valence-electron chi connectivity index (χ1n) is 8.76. The smallest absolute Gasteiger partial charge is 0.250 e. The number of hydrogen-bond donors (Lipinski definition) is 1. The quantitative estimate of drug-likeness (QED) is 0.649. The molecule has 27 heavy (non-hydrogen) atoms. The monoisotopic (exact) mass is 362 g/mol. The van der Waals surface area contributed by atoms with Gasteiger partial charge in [0.15, 0.2) is 11.8 Å². The number of ketones is 1. The van der Waals surface area contributed by atoms with Crippen LogP contribution in [0, 0.1) is 0 Å². The Kier molecular flexibility index (Phi) is 4.99. The van der Waals surface area contributed by atoms with Gasteiger partial charge in [0.05, 0.1) is 16.9 Å². The Labute approximate surface area is 158 Å². The van der Waals surface area contributed by atoms with Gasteiger partial charge in [-0.1, -0.05) is 24.3 Å². The van der Waals surface area contributed by atoms with E-state index in [9.17, 15) is 9.59 Å². The summed E-state index contributed by atoms with van der Waals surface area (Å²) in [6.45, 7) is 5.53. The first kappa shape index (κ1) is 18.6. The van der Waals surface area contributed by atoms with Crippen LogP contribution in [-0.4, -0.2) is 29.0 Å². The van der Waals surface area contributed by atoms with Gasteiger partial charge in [-0.15, -0.1) is 0 Å². The van der Waals surface area contributed by atoms with Crippen LogP contribution in [0.5, 0.6) is 0 Å². The Morgan fingerprint density at radius 1 is 1.11 bits per heavy atom. The lowest BCUT2D eigenvalue weighted by Crippen LogP contribution is -2.40. The first-order valence-corrected chi connectivity index (χ1v) is 8.76. The van der Waals surface area contributed by atoms with Crippen LogP contribution in [-0.2, 0) is 11.2 Å². The third-order valence-corrected chi connectivity index (χ3v) is 4.43. The Bertz CT molecular complexity index is 943. The second-order valence-electron chi connectivity index (χ2n) is 7.27. The topological polar surface area (TPSA) is 97.2 Å². The van der Waals surface area contributed by atoms with E-state index in [1.54, 1.807) is 24.3 Å². The van der Waals surface area contributed by atoms with Gasteiger partial charge in [0.2, 0.25) is 5.91 Å². The van der Waals surface area contributed by atoms with Crippen molar-refractivity contribution in [2.45, 2.75) is 38.8 Å². The van der Waals surface area contributed by atoms with Crippen LogP contribution >= 0.6 is 0 Å². The molecular formula is C21H22N4O2. The maximum Gasteiger partial charge on any atom is 0.250 e. The van der Waals surface area contributed by atoms with E-state index < -0.39 is 11.9 Å². The first-order chi connectivity index (χ1) is 12.8. The molecule has 0 saturated carbocycles. The number of azo groups is 1. The van der Waals surface area contributed by atoms with Crippen LogP contribution < -0.4 is 5.73 Å². The molecule has 0 spiro atoms. The highest BCUT2D eigenvalue weighted by molar-refractivity contribution is 6.17. The Balaban J connectivity index is 1.97. The minimum atomic E-state index is -0.974. The number of carbonyl (C=O) groups excluding carboxylic acids is 2. The summed E-state index contributed by atoms with van der Waals surface area (Å²) in [6, 6.07) is 13.6. The second-order valence-corrected chi connectivity index (χ2v) is 7.27. The highest BCUT2D eigenvalue weighted by Crippen LogP contribution is 2.29. The molecule has 0 bridgehead atoms. The summed E-state index contributed by atoms with van der Waals surface area (Å²) >= 11 is 0. The van der Waals surface area contributed by atoms with Gasteiger partial charge in [-0.2, -0.15) is 10.2 Å². The van der Waals surface area contributed by atoms with Crippen molar-refractivity contribution in [3.63, 3.8) is 0 Å². The number of nitrogens with two attached hydrogens (primary N) is 1. The van der Waals surface area contributed by atoms with Crippen LogP contribution in [0.25, 0.3) is 0 Å². The lowest BCUT2D eigenvalue weighted by Gasteiger charge is -2.30. The van der Waals surface area contributed by atoms with Crippen LogP contribution in [0.4, 0.5) is 5.69 Å². The molecule has 0 radical (unpaired) electrons. The lowest BCUT2D eigenvalue weighted by atomic mass is 9.85. The number of aliphatic imine (C=N–C) groups is 1. The van der Waals surface area contributed by atoms with E-state index in [2.05, 4.69) is 10.2 Å². The summed E-state index contributed by atoms with van der Waals surface area (Å²) in [6.07, 6.45) is 0.780. The zero-order valence-electron chi connectivity index (χ0n) is 15.6. The molecule has 6 nitrogen and oxygen atoms in total. The number of hydrogen-bond acceptors (Lipinski definition) is 5. The predicted octanol–water partition coefficient (Wildman–Crippen LogP) is 3.65. The number of rotatable bonds is 5. The Morgan fingerprint density at radius 3 is 2.41 bits per heavy atom. The molecule has 1 aliphatic heterocycles. The summed E-state index contributed by atoms with van der Waals surface area (Å²) in [7, 11) is 0. The molecule has 2 aromatic carbocycles. The average molecular weight is 362 g/mol. The molecule has 0 aliphatic carbocycles. The van der Waals surface area contributed by atoms with Gasteiger partial charge in [0.1, 0.15) is 0 Å². The molecule has 0 fully saturated rings. The maximum absolute atomic E-state index is 12.1. The van der Waals surface area contributed by atoms with Gasteiger partial charge in [-0.3, -0.25) is 14.6 Å². The van der Waals surface area contributed by atoms with Crippen molar-refractivity contribution in [2.24, 2.45) is 21.0 Å². The molecule has 3 rings (SSSR count). The minimum absolute atomic E-state index is 0.0242. The molecular weight excluding hydrogens is 340 g/mol. The summed E-state index contributed by atoms with van der Waals surface area (Å²) in [5.74, 6) is -0.630. The van der Waals surface area contributed by atoms with Gasteiger partial charge in [-0.25, -0.2) is 0 Å². The van der Waals surface area contributed by atoms with Crippen LogP contribution in [0.3, 0.4) is 0 Å². The number of primary amides is 1. The highest BCUT2D eigenvalue weighted by Gasteiger charge is 2.33. The van der Waals surface area contributed by atoms with Gasteiger partial charge in [-0.05, 0) is 57.0 Å². The molecule has 0 saturated heterocycles. The maximum atomic E-state index is 12.1. The summed E-state index contributed by atoms with van der Waals surface area (Å²) < 4.78 is 0. The van der Waals surface area contributed by atoms with Gasteiger partial charge >= 0.3 is 0 Å². The van der Waals surface area contributed by atoms with Crippen molar-refractivity contribution in [3.05, 3.63) is 65.2 Å². The third kappa shape index (κ3) is 4.16. The molecule has 2 N–H and O–H groups in total. The van der Waals surface area contributed by atoms with Crippen LogP contribution in [0.1, 0.15) is 42.3 Å². The molecule has 1 atom stereocenters. The van der Waals surface area contributed by atoms with Gasteiger partial charge < -0.3 is 5.73 Å². The zero-order valence-corrected chi connectivity index (χ0v) is 15.6. The van der Waals surface area contributed by atoms with Crippen molar-refractivity contribution < 1.29 is 9.59 Å². The number of carbonyl (C=O) groups is 2. The van der Waals surface area contributed by atoms with Crippen molar-refractivity contribution in [1.29, 1.82) is 0 Å². The number of Topliss-reactive ketones (excluding diaryl/α,β-unsaturated/α-hetero) is 1. The van der Waals surface area contributed by atoms with Gasteiger partial charge in [0.25, 0.3) is 0 Å². The summed E-state index contributed by atoms with van der Waals surface area (Å²) in [4.78, 5) is 28.2. The van der Waals surface area contributed by atoms with E-state index in [0.29, 0.717) is 17.0 Å². The number of benzene rings is 2. The van der Waals surface area contributed by atoms with E-state index in [-0.39, 0.29) is 11.3 Å². The van der Waals surface area contributed by atoms with Crippen molar-refractivity contribution in [3.8, 4) is 0 Å². The van der Waals surface area contributed by atoms with Crippen LogP contribution in [0.2, 0.25) is 0 Å². The molecule has 1 heterocycles. The van der Waals surface area contributed by atoms with Crippen molar-refractivity contribution >= 4 is 23.1 Å². The number of amides is 1. The lowest BCUT2D eigenvalue weighted by molar-refractivity contribution is -0.117. The van der Waals surface area contributed by atoms with E-state index in [1.165, 1.54) is 6.92 Å². The second kappa shape index (κ2) is 7.23. The SMILES string of the molecule is CC(=O)c1ccc(N=NC(C(N)=O)C2=NC(C)(C)Cc3ccccc32)cc1. The van der Waals surface area contributed by atoms with Gasteiger partial charge in [0, 0.05) is 11.1 Å². The fourth-order valence-electron chi connectivity index (χ4n) is 3.16. The Morgan fingerprint density at radius 2 is 1.78 bits per heavy atom. The van der Waals surface area contributed by atoms with Crippen molar-refractivity contribution in [2.75, 3.05) is 0 Å². The molecule has 6 heteroatoms. The van der Waals surface area contributed by atoms with E-state index >= 15 is 0 Å². The summed E-state index contributed by atoms with van der Waals surface area (Å²) in [5, 5.41) is 8.35. The normalized spacial score (nSPS) is 16.5. The molecule has 2 aromatic rings. The fourth-order valence-corrected chi connectivity index (χ4v) is 3.16. The molecule has 1 aliphatic rings. The molecule has 1 unspecified atom stereocenters. The van der Waals surface area contributed by atoms with Crippen LogP contribution in [0.15, 0.2) is 63.8 Å². The van der Waals surface area contributed by atoms with E-state index in [4.69, 9.17) is 10.7 Å². The fraction of sp³-hybridized carbons (Fsp3) is 0.286. The number of fused-ring (bicyclic) bond motifs is 1. The van der Waals surface area contributed by atoms with E-state index in [1.807, 2.05) is 38.1 Å². The summed E-state index contributed by atoms with van der Waals surface area (Å²) in [5.41, 5.74) is 8.93. The molecule has 0 aromatic heterocycles. The zero-order chi connectivity index (χ0) is 19.6. The number of nitrogens with zero attached hydrogens (tertiary/aromatic N) is 3. The average Bonchev–Trinajstić information content (AvgIpc) is 2.61. The highest BCUT2D eigenvalue weighted by atomic mass is 16.1. The Hall–Kier alpha value is -3.15. The molecule has 138 valence electrons. The standard InChI is InChI=1S/C21H22N4O2/c1-13(26)14-8-10-16(11-9-14)24-25-19(20(22)27)18-17-7-5-4-6-15(17)12-21(2,3)23-18/h4-11,19H,12H2,1-3H3,(H2,22,27). The third-order valence-electron chi connectivity index (χ3n) is 4.43. The predicted molar refractivity (Wildman–Crippen MR) is 105 cm³/mol. The largest absolute Gasteiger partial charge is 0.367 e. The molecule has 1 amide bonds. The van der Waals surface area contributed by atoms with Crippen molar-refractivity contribution in [1.82, 2.24) is 0 Å². The minimum Gasteiger partial charge on any atom is -0.367 e.